The zero-order chi connectivity index (χ0) is 19.1. The fraction of sp³-hybridized carbons (Fsp3) is 0.292. The van der Waals surface area contributed by atoms with E-state index in [1.54, 1.807) is 7.11 Å². The number of hydrogen-bond donors (Lipinski definition) is 0. The van der Waals surface area contributed by atoms with Crippen LogP contribution in [-0.2, 0) is 16.0 Å². The summed E-state index contributed by atoms with van der Waals surface area (Å²) in [4.78, 5) is 13.3. The van der Waals surface area contributed by atoms with Crippen LogP contribution in [0.5, 0.6) is 0 Å². The summed E-state index contributed by atoms with van der Waals surface area (Å²) in [5, 5.41) is 1.07. The fourth-order valence-corrected chi connectivity index (χ4v) is 4.33. The van der Waals surface area contributed by atoms with Crippen LogP contribution in [0.3, 0.4) is 0 Å². The Morgan fingerprint density at radius 1 is 1.07 bits per heavy atom. The standard InChI is InChI=1S/C24H24O3/c1-14-9-15(2)22(16(3)10-14)23-21(26-4)13-18(24(23)25)12-19-11-17-7-5-6-8-20(17)27-19/h5-11,18H,12-13H2,1-4H3. The first-order valence-corrected chi connectivity index (χ1v) is 9.35. The molecule has 138 valence electrons. The third-order valence-electron chi connectivity index (χ3n) is 5.43. The SMILES string of the molecule is COC1=C(c2c(C)cc(C)cc2C)C(=O)C(Cc2cc3ccccc3o2)C1. The lowest BCUT2D eigenvalue weighted by Crippen LogP contribution is -2.13. The normalized spacial score (nSPS) is 17.2. The highest BCUT2D eigenvalue weighted by atomic mass is 16.5. The Kier molecular flexibility index (Phi) is 4.39. The van der Waals surface area contributed by atoms with E-state index in [0.717, 1.165) is 44.8 Å². The summed E-state index contributed by atoms with van der Waals surface area (Å²) in [5.74, 6) is 1.65. The molecule has 1 atom stereocenters. The summed E-state index contributed by atoms with van der Waals surface area (Å²) in [6.45, 7) is 6.21. The smallest absolute Gasteiger partial charge is 0.170 e. The molecule has 0 aliphatic heterocycles. The maximum absolute atomic E-state index is 13.3. The van der Waals surface area contributed by atoms with Gasteiger partial charge < -0.3 is 9.15 Å². The number of Topliss-reactive ketones (excluding diaryl/α,β-unsaturated/α-hetero) is 1. The van der Waals surface area contributed by atoms with Crippen LogP contribution in [0.2, 0.25) is 0 Å². The van der Waals surface area contributed by atoms with E-state index in [4.69, 9.17) is 9.15 Å². The Balaban J connectivity index is 1.67. The Morgan fingerprint density at radius 2 is 1.78 bits per heavy atom. The minimum absolute atomic E-state index is 0.143. The number of carbonyl (C=O) groups is 1. The molecule has 3 nitrogen and oxygen atoms in total. The van der Waals surface area contributed by atoms with Crippen molar-refractivity contribution in [3.63, 3.8) is 0 Å². The largest absolute Gasteiger partial charge is 0.500 e. The van der Waals surface area contributed by atoms with Crippen LogP contribution in [0, 0.1) is 26.7 Å². The molecule has 0 radical (unpaired) electrons. The molecule has 0 N–H and O–H groups in total. The summed E-state index contributed by atoms with van der Waals surface area (Å²) in [5.41, 5.74) is 6.08. The average molecular weight is 360 g/mol. The van der Waals surface area contributed by atoms with Crippen LogP contribution in [0.25, 0.3) is 16.5 Å². The van der Waals surface area contributed by atoms with Crippen molar-refractivity contribution in [2.45, 2.75) is 33.6 Å². The average Bonchev–Trinajstić information content (AvgIpc) is 3.16. The molecular formula is C24H24O3. The Morgan fingerprint density at radius 3 is 2.44 bits per heavy atom. The van der Waals surface area contributed by atoms with Crippen molar-refractivity contribution in [1.82, 2.24) is 0 Å². The second-order valence-electron chi connectivity index (χ2n) is 7.50. The first-order chi connectivity index (χ1) is 13.0. The highest BCUT2D eigenvalue weighted by Gasteiger charge is 2.36. The predicted octanol–water partition coefficient (Wildman–Crippen LogP) is 5.55. The first kappa shape index (κ1) is 17.6. The highest BCUT2D eigenvalue weighted by molar-refractivity contribution is 6.25. The maximum atomic E-state index is 13.3. The van der Waals surface area contributed by atoms with Gasteiger partial charge in [-0.2, -0.15) is 0 Å². The van der Waals surface area contributed by atoms with Crippen molar-refractivity contribution in [3.05, 3.63) is 76.2 Å². The molecule has 2 aromatic carbocycles. The highest BCUT2D eigenvalue weighted by Crippen LogP contribution is 2.40. The molecule has 1 unspecified atom stereocenters. The number of carbonyl (C=O) groups excluding carboxylic acids is 1. The van der Waals surface area contributed by atoms with Crippen LogP contribution >= 0.6 is 0 Å². The van der Waals surface area contributed by atoms with E-state index in [1.165, 1.54) is 5.56 Å². The van der Waals surface area contributed by atoms with Crippen molar-refractivity contribution >= 4 is 22.3 Å². The van der Waals surface area contributed by atoms with Crippen molar-refractivity contribution in [2.75, 3.05) is 7.11 Å². The topological polar surface area (TPSA) is 39.4 Å². The molecule has 1 heterocycles. The first-order valence-electron chi connectivity index (χ1n) is 9.35. The Labute approximate surface area is 159 Å². The number of furan rings is 1. The van der Waals surface area contributed by atoms with E-state index in [-0.39, 0.29) is 11.7 Å². The van der Waals surface area contributed by atoms with Gasteiger partial charge in [-0.05, 0) is 49.6 Å². The molecular weight excluding hydrogens is 336 g/mol. The number of benzene rings is 2. The molecule has 1 aromatic heterocycles. The van der Waals surface area contributed by atoms with Crippen LogP contribution in [0.15, 0.2) is 52.6 Å². The van der Waals surface area contributed by atoms with E-state index in [1.807, 2.05) is 30.3 Å². The molecule has 0 fully saturated rings. The third kappa shape index (κ3) is 3.08. The van der Waals surface area contributed by atoms with Crippen LogP contribution in [0.1, 0.15) is 34.4 Å². The van der Waals surface area contributed by atoms with E-state index < -0.39 is 0 Å². The van der Waals surface area contributed by atoms with Crippen LogP contribution in [0.4, 0.5) is 0 Å². The number of para-hydroxylation sites is 1. The Bertz CT molecular complexity index is 1010. The van der Waals surface area contributed by atoms with Gasteiger partial charge in [-0.1, -0.05) is 35.9 Å². The molecule has 0 bridgehead atoms. The molecule has 0 saturated heterocycles. The molecule has 0 spiro atoms. The lowest BCUT2D eigenvalue weighted by Gasteiger charge is -2.14. The second kappa shape index (κ2) is 6.73. The van der Waals surface area contributed by atoms with Gasteiger partial charge in [0.1, 0.15) is 17.1 Å². The molecule has 3 heteroatoms. The van der Waals surface area contributed by atoms with Gasteiger partial charge >= 0.3 is 0 Å². The van der Waals surface area contributed by atoms with Gasteiger partial charge in [0.25, 0.3) is 0 Å². The number of aryl methyl sites for hydroxylation is 3. The van der Waals surface area contributed by atoms with Gasteiger partial charge in [-0.15, -0.1) is 0 Å². The van der Waals surface area contributed by atoms with Crippen molar-refractivity contribution in [3.8, 4) is 0 Å². The van der Waals surface area contributed by atoms with E-state index in [0.29, 0.717) is 12.8 Å². The number of methoxy groups -OCH3 is 1. The number of ether oxygens (including phenoxy) is 1. The molecule has 1 aliphatic carbocycles. The summed E-state index contributed by atoms with van der Waals surface area (Å²) >= 11 is 0. The lowest BCUT2D eigenvalue weighted by molar-refractivity contribution is -0.116. The van der Waals surface area contributed by atoms with Gasteiger partial charge in [0.05, 0.1) is 12.7 Å². The monoisotopic (exact) mass is 360 g/mol. The fourth-order valence-electron chi connectivity index (χ4n) is 4.33. The minimum Gasteiger partial charge on any atom is -0.500 e. The van der Waals surface area contributed by atoms with E-state index in [9.17, 15) is 4.79 Å². The summed E-state index contributed by atoms with van der Waals surface area (Å²) in [7, 11) is 1.66. The summed E-state index contributed by atoms with van der Waals surface area (Å²) in [6, 6.07) is 14.2. The van der Waals surface area contributed by atoms with Gasteiger partial charge in [0, 0.05) is 24.1 Å². The van der Waals surface area contributed by atoms with Gasteiger partial charge in [-0.25, -0.2) is 0 Å². The minimum atomic E-state index is -0.143. The van der Waals surface area contributed by atoms with Crippen molar-refractivity contribution in [2.24, 2.45) is 5.92 Å². The zero-order valence-corrected chi connectivity index (χ0v) is 16.3. The van der Waals surface area contributed by atoms with Gasteiger partial charge in [0.15, 0.2) is 5.78 Å². The Hall–Kier alpha value is -2.81. The number of allylic oxidation sites excluding steroid dienone is 2. The zero-order valence-electron chi connectivity index (χ0n) is 16.3. The lowest BCUT2D eigenvalue weighted by atomic mass is 9.90. The molecule has 0 amide bonds. The van der Waals surface area contributed by atoms with Crippen LogP contribution in [-0.4, -0.2) is 12.9 Å². The quantitative estimate of drug-likeness (QED) is 0.612. The number of rotatable bonds is 4. The second-order valence-corrected chi connectivity index (χ2v) is 7.50. The van der Waals surface area contributed by atoms with Gasteiger partial charge in [-0.3, -0.25) is 4.79 Å². The molecule has 4 rings (SSSR count). The number of fused-ring (bicyclic) bond motifs is 1. The third-order valence-corrected chi connectivity index (χ3v) is 5.43. The summed E-state index contributed by atoms with van der Waals surface area (Å²) in [6.07, 6.45) is 1.21. The maximum Gasteiger partial charge on any atom is 0.170 e. The predicted molar refractivity (Wildman–Crippen MR) is 108 cm³/mol. The van der Waals surface area contributed by atoms with Crippen molar-refractivity contribution in [1.29, 1.82) is 0 Å². The molecule has 1 aliphatic rings. The molecule has 0 saturated carbocycles. The van der Waals surface area contributed by atoms with E-state index in [2.05, 4.69) is 32.9 Å². The van der Waals surface area contributed by atoms with Crippen LogP contribution < -0.4 is 0 Å². The van der Waals surface area contributed by atoms with Crippen molar-refractivity contribution < 1.29 is 13.9 Å². The summed E-state index contributed by atoms with van der Waals surface area (Å²) < 4.78 is 11.6. The molecule has 27 heavy (non-hydrogen) atoms. The number of ketones is 1. The van der Waals surface area contributed by atoms with Gasteiger partial charge in [0.2, 0.25) is 0 Å². The molecule has 3 aromatic rings. The van der Waals surface area contributed by atoms with E-state index >= 15 is 0 Å². The number of hydrogen-bond acceptors (Lipinski definition) is 3.